The lowest BCUT2D eigenvalue weighted by molar-refractivity contribution is -0.117. The van der Waals surface area contributed by atoms with Gasteiger partial charge in [-0.15, -0.1) is 11.8 Å². The molecule has 1 fully saturated rings. The first-order chi connectivity index (χ1) is 12.5. The minimum absolute atomic E-state index is 0.0213. The largest absolute Gasteiger partial charge is 0.326 e. The van der Waals surface area contributed by atoms with E-state index in [1.807, 2.05) is 18.2 Å². The molecule has 0 spiro atoms. The topological polar surface area (TPSA) is 58.2 Å². The van der Waals surface area contributed by atoms with E-state index in [-0.39, 0.29) is 17.7 Å². The van der Waals surface area contributed by atoms with Crippen LogP contribution in [0.15, 0.2) is 47.4 Å². The van der Waals surface area contributed by atoms with E-state index in [0.29, 0.717) is 12.1 Å². The van der Waals surface area contributed by atoms with Crippen molar-refractivity contribution in [2.45, 2.75) is 38.0 Å². The number of anilines is 2. The number of rotatable bonds is 7. The Kier molecular flexibility index (Phi) is 5.99. The van der Waals surface area contributed by atoms with Gasteiger partial charge in [0.05, 0.1) is 0 Å². The molecule has 0 atom stereocenters. The summed E-state index contributed by atoms with van der Waals surface area (Å²) in [6, 6.07) is 13.7. The van der Waals surface area contributed by atoms with E-state index in [9.17, 15) is 9.59 Å². The van der Waals surface area contributed by atoms with Gasteiger partial charge >= 0.3 is 0 Å². The molecule has 2 aromatic carbocycles. The molecular formula is C21H24N2O2S. The van der Waals surface area contributed by atoms with E-state index in [0.717, 1.165) is 24.3 Å². The van der Waals surface area contributed by atoms with Crippen LogP contribution in [0.3, 0.4) is 0 Å². The molecule has 0 heterocycles. The normalized spacial score (nSPS) is 13.3. The molecule has 1 aliphatic rings. The molecule has 3 rings (SSSR count). The van der Waals surface area contributed by atoms with Gasteiger partial charge in [0.25, 0.3) is 0 Å². The Morgan fingerprint density at radius 2 is 1.73 bits per heavy atom. The predicted octanol–water partition coefficient (Wildman–Crippen LogP) is 4.77. The highest BCUT2D eigenvalue weighted by Gasteiger charge is 2.29. The first-order valence-electron chi connectivity index (χ1n) is 8.92. The van der Waals surface area contributed by atoms with E-state index in [2.05, 4.69) is 42.7 Å². The van der Waals surface area contributed by atoms with Gasteiger partial charge < -0.3 is 10.6 Å². The smallest absolute Gasteiger partial charge is 0.227 e. The standard InChI is InChI=1S/C21H24N2O2S/c1-14-6-9-19(12-15(14)2)26-11-10-20(24)22-17-4-3-5-18(13-17)23-21(25)16-7-8-16/h3-6,9,12-13,16H,7-8,10-11H2,1-2H3,(H,22,24)(H,23,25). The highest BCUT2D eigenvalue weighted by Crippen LogP contribution is 2.30. The molecule has 5 heteroatoms. The van der Waals surface area contributed by atoms with Crippen LogP contribution < -0.4 is 10.6 Å². The zero-order valence-corrected chi connectivity index (χ0v) is 16.0. The zero-order chi connectivity index (χ0) is 18.5. The van der Waals surface area contributed by atoms with Crippen LogP contribution in [-0.4, -0.2) is 17.6 Å². The van der Waals surface area contributed by atoms with Crippen LogP contribution in [0.25, 0.3) is 0 Å². The van der Waals surface area contributed by atoms with Crippen LogP contribution in [0.4, 0.5) is 11.4 Å². The maximum Gasteiger partial charge on any atom is 0.227 e. The molecule has 0 aliphatic heterocycles. The molecule has 2 amide bonds. The third-order valence-corrected chi connectivity index (χ3v) is 5.43. The lowest BCUT2D eigenvalue weighted by atomic mass is 10.1. The number of nitrogens with one attached hydrogen (secondary N) is 2. The van der Waals surface area contributed by atoms with Crippen molar-refractivity contribution >= 4 is 35.0 Å². The summed E-state index contributed by atoms with van der Waals surface area (Å²) in [5, 5.41) is 5.80. The molecule has 1 aliphatic carbocycles. The van der Waals surface area contributed by atoms with Gasteiger partial charge in [-0.1, -0.05) is 12.1 Å². The molecule has 0 radical (unpaired) electrons. The zero-order valence-electron chi connectivity index (χ0n) is 15.2. The molecule has 0 saturated heterocycles. The number of hydrogen-bond acceptors (Lipinski definition) is 3. The van der Waals surface area contributed by atoms with Crippen LogP contribution in [0.2, 0.25) is 0 Å². The van der Waals surface area contributed by atoms with Crippen LogP contribution >= 0.6 is 11.8 Å². The van der Waals surface area contributed by atoms with Crippen LogP contribution in [0.5, 0.6) is 0 Å². The van der Waals surface area contributed by atoms with E-state index in [4.69, 9.17) is 0 Å². The summed E-state index contributed by atoms with van der Waals surface area (Å²) in [6.45, 7) is 4.19. The Balaban J connectivity index is 1.46. The number of amides is 2. The summed E-state index contributed by atoms with van der Waals surface area (Å²) in [5.41, 5.74) is 3.98. The fraction of sp³-hybridized carbons (Fsp3) is 0.333. The molecule has 136 valence electrons. The number of hydrogen-bond donors (Lipinski definition) is 2. The molecule has 0 aromatic heterocycles. The molecular weight excluding hydrogens is 344 g/mol. The fourth-order valence-electron chi connectivity index (χ4n) is 2.55. The lowest BCUT2D eigenvalue weighted by Crippen LogP contribution is -2.15. The lowest BCUT2D eigenvalue weighted by Gasteiger charge is -2.09. The summed E-state index contributed by atoms with van der Waals surface area (Å²) in [7, 11) is 0. The van der Waals surface area contributed by atoms with Crippen LogP contribution in [0, 0.1) is 19.8 Å². The maximum atomic E-state index is 12.2. The number of aryl methyl sites for hydroxylation is 2. The Hall–Kier alpha value is -2.27. The Bertz CT molecular complexity index is 815. The van der Waals surface area contributed by atoms with E-state index >= 15 is 0 Å². The summed E-state index contributed by atoms with van der Waals surface area (Å²) < 4.78 is 0. The first-order valence-corrected chi connectivity index (χ1v) is 9.90. The van der Waals surface area contributed by atoms with E-state index in [1.165, 1.54) is 16.0 Å². The van der Waals surface area contributed by atoms with Gasteiger partial charge in [-0.05, 0) is 68.1 Å². The van der Waals surface area contributed by atoms with Gasteiger partial charge in [-0.2, -0.15) is 0 Å². The van der Waals surface area contributed by atoms with Gasteiger partial charge in [0, 0.05) is 34.4 Å². The molecule has 26 heavy (non-hydrogen) atoms. The van der Waals surface area contributed by atoms with Crippen molar-refractivity contribution in [2.75, 3.05) is 16.4 Å². The van der Waals surface area contributed by atoms with Gasteiger partial charge in [0.1, 0.15) is 0 Å². The third-order valence-electron chi connectivity index (χ3n) is 4.44. The van der Waals surface area contributed by atoms with Gasteiger partial charge in [-0.3, -0.25) is 9.59 Å². The number of carbonyl (C=O) groups is 2. The highest BCUT2D eigenvalue weighted by molar-refractivity contribution is 7.99. The third kappa shape index (κ3) is 5.36. The van der Waals surface area contributed by atoms with Crippen LogP contribution in [-0.2, 0) is 9.59 Å². The molecule has 0 bridgehead atoms. The summed E-state index contributed by atoms with van der Waals surface area (Å²) in [6.07, 6.45) is 2.39. The van der Waals surface area contributed by atoms with Crippen LogP contribution in [0.1, 0.15) is 30.4 Å². The molecule has 4 nitrogen and oxygen atoms in total. The molecule has 1 saturated carbocycles. The van der Waals surface area contributed by atoms with Crippen molar-refractivity contribution in [2.24, 2.45) is 5.92 Å². The Labute approximate surface area is 158 Å². The quantitative estimate of drug-likeness (QED) is 0.692. The van der Waals surface area contributed by atoms with Gasteiger partial charge in [-0.25, -0.2) is 0 Å². The molecule has 0 unspecified atom stereocenters. The second kappa shape index (κ2) is 8.41. The summed E-state index contributed by atoms with van der Waals surface area (Å²) in [4.78, 5) is 25.2. The number of thioether (sulfide) groups is 1. The van der Waals surface area contributed by atoms with Gasteiger partial charge in [0.15, 0.2) is 0 Å². The average molecular weight is 369 g/mol. The van der Waals surface area contributed by atoms with E-state index < -0.39 is 0 Å². The molecule has 2 N–H and O–H groups in total. The second-order valence-electron chi connectivity index (χ2n) is 6.74. The fourth-order valence-corrected chi connectivity index (χ4v) is 3.50. The Morgan fingerprint density at radius 3 is 2.42 bits per heavy atom. The maximum absolute atomic E-state index is 12.2. The minimum atomic E-state index is -0.0213. The summed E-state index contributed by atoms with van der Waals surface area (Å²) in [5.74, 6) is 0.938. The van der Waals surface area contributed by atoms with Crippen molar-refractivity contribution in [1.82, 2.24) is 0 Å². The number of benzene rings is 2. The molecule has 2 aromatic rings. The van der Waals surface area contributed by atoms with Crippen molar-refractivity contribution in [3.8, 4) is 0 Å². The average Bonchev–Trinajstić information content (AvgIpc) is 3.43. The SMILES string of the molecule is Cc1ccc(SCCC(=O)Nc2cccc(NC(=O)C3CC3)c2)cc1C. The minimum Gasteiger partial charge on any atom is -0.326 e. The van der Waals surface area contributed by atoms with E-state index in [1.54, 1.807) is 17.8 Å². The van der Waals surface area contributed by atoms with Crippen molar-refractivity contribution < 1.29 is 9.59 Å². The van der Waals surface area contributed by atoms with Crippen molar-refractivity contribution in [3.63, 3.8) is 0 Å². The first kappa shape index (κ1) is 18.5. The predicted molar refractivity (Wildman–Crippen MR) is 108 cm³/mol. The van der Waals surface area contributed by atoms with Crippen molar-refractivity contribution in [1.29, 1.82) is 0 Å². The number of carbonyl (C=O) groups excluding carboxylic acids is 2. The summed E-state index contributed by atoms with van der Waals surface area (Å²) >= 11 is 1.69. The Morgan fingerprint density at radius 1 is 1.00 bits per heavy atom. The van der Waals surface area contributed by atoms with Gasteiger partial charge in [0.2, 0.25) is 11.8 Å². The highest BCUT2D eigenvalue weighted by atomic mass is 32.2. The van der Waals surface area contributed by atoms with Crippen molar-refractivity contribution in [3.05, 3.63) is 53.6 Å². The second-order valence-corrected chi connectivity index (χ2v) is 7.91. The monoisotopic (exact) mass is 368 g/mol.